The maximum absolute atomic E-state index is 11.3. The second-order valence-corrected chi connectivity index (χ2v) is 4.64. The number of rotatable bonds is 3. The predicted octanol–water partition coefficient (Wildman–Crippen LogP) is 1.38. The van der Waals surface area contributed by atoms with E-state index in [1.165, 1.54) is 7.11 Å². The molecule has 19 heavy (non-hydrogen) atoms. The van der Waals surface area contributed by atoms with Crippen molar-refractivity contribution in [1.82, 2.24) is 0 Å². The predicted molar refractivity (Wildman–Crippen MR) is 71.5 cm³/mol. The van der Waals surface area contributed by atoms with Crippen LogP contribution in [-0.2, 0) is 14.3 Å². The molecule has 1 aromatic rings. The van der Waals surface area contributed by atoms with E-state index < -0.39 is 12.1 Å². The van der Waals surface area contributed by atoms with Crippen molar-refractivity contribution in [2.45, 2.75) is 6.10 Å². The Labute approximate surface area is 116 Å². The van der Waals surface area contributed by atoms with Crippen molar-refractivity contribution in [2.24, 2.45) is 0 Å². The molecule has 0 spiro atoms. The lowest BCUT2D eigenvalue weighted by atomic mass is 10.1. The first-order valence-corrected chi connectivity index (χ1v) is 6.39. The summed E-state index contributed by atoms with van der Waals surface area (Å²) in [5, 5.41) is 10.3. The Morgan fingerprint density at radius 1 is 1.47 bits per heavy atom. The van der Waals surface area contributed by atoms with Gasteiger partial charge in [-0.25, -0.2) is 4.79 Å². The van der Waals surface area contributed by atoms with Crippen molar-refractivity contribution in [3.05, 3.63) is 28.8 Å². The van der Waals surface area contributed by atoms with Crippen LogP contribution in [0.15, 0.2) is 18.2 Å². The molecule has 6 heteroatoms. The molecule has 2 rings (SSSR count). The van der Waals surface area contributed by atoms with Crippen molar-refractivity contribution in [1.29, 1.82) is 0 Å². The third-order valence-electron chi connectivity index (χ3n) is 3.06. The first-order chi connectivity index (χ1) is 9.13. The van der Waals surface area contributed by atoms with E-state index in [0.717, 1.165) is 18.8 Å². The minimum absolute atomic E-state index is 0.425. The number of methoxy groups -OCH3 is 1. The van der Waals surface area contributed by atoms with Crippen molar-refractivity contribution in [2.75, 3.05) is 38.3 Å². The highest BCUT2D eigenvalue weighted by Gasteiger charge is 2.20. The van der Waals surface area contributed by atoms with Gasteiger partial charge in [0.2, 0.25) is 0 Å². The molecule has 1 heterocycles. The second-order valence-electron chi connectivity index (χ2n) is 4.24. The highest BCUT2D eigenvalue weighted by atomic mass is 35.5. The van der Waals surface area contributed by atoms with Crippen molar-refractivity contribution in [3.8, 4) is 0 Å². The molecule has 5 nitrogen and oxygen atoms in total. The van der Waals surface area contributed by atoms with Crippen LogP contribution in [-0.4, -0.2) is 44.5 Å². The van der Waals surface area contributed by atoms with Gasteiger partial charge in [0.1, 0.15) is 0 Å². The zero-order valence-electron chi connectivity index (χ0n) is 10.6. The molecule has 1 aromatic carbocycles. The van der Waals surface area contributed by atoms with Gasteiger partial charge >= 0.3 is 5.97 Å². The second kappa shape index (κ2) is 6.23. The quantitative estimate of drug-likeness (QED) is 0.851. The highest BCUT2D eigenvalue weighted by Crippen LogP contribution is 2.29. The van der Waals surface area contributed by atoms with Gasteiger partial charge in [-0.1, -0.05) is 17.7 Å². The maximum atomic E-state index is 11.3. The van der Waals surface area contributed by atoms with E-state index in [4.69, 9.17) is 16.3 Å². The third-order valence-corrected chi connectivity index (χ3v) is 3.37. The molecule has 1 aliphatic heterocycles. The van der Waals surface area contributed by atoms with Gasteiger partial charge in [-0.05, 0) is 17.7 Å². The van der Waals surface area contributed by atoms with Crippen LogP contribution in [0.1, 0.15) is 11.7 Å². The topological polar surface area (TPSA) is 59.0 Å². The van der Waals surface area contributed by atoms with Crippen LogP contribution in [0.5, 0.6) is 0 Å². The van der Waals surface area contributed by atoms with Gasteiger partial charge in [-0.3, -0.25) is 0 Å². The third kappa shape index (κ3) is 3.18. The van der Waals surface area contributed by atoms with Crippen LogP contribution in [0, 0.1) is 0 Å². The zero-order chi connectivity index (χ0) is 13.8. The van der Waals surface area contributed by atoms with E-state index in [-0.39, 0.29) is 0 Å². The van der Waals surface area contributed by atoms with E-state index in [1.807, 2.05) is 0 Å². The Balaban J connectivity index is 2.19. The molecule has 1 N–H and O–H groups in total. The molecule has 0 bridgehead atoms. The number of aliphatic hydroxyl groups excluding tert-OH is 1. The lowest BCUT2D eigenvalue weighted by molar-refractivity contribution is -0.150. The fourth-order valence-corrected chi connectivity index (χ4v) is 2.31. The lowest BCUT2D eigenvalue weighted by Crippen LogP contribution is -2.36. The van der Waals surface area contributed by atoms with Crippen molar-refractivity contribution in [3.63, 3.8) is 0 Å². The summed E-state index contributed by atoms with van der Waals surface area (Å²) < 4.78 is 9.78. The molecular weight excluding hydrogens is 270 g/mol. The lowest BCUT2D eigenvalue weighted by Gasteiger charge is -2.29. The van der Waals surface area contributed by atoms with E-state index >= 15 is 0 Å². The van der Waals surface area contributed by atoms with Crippen molar-refractivity contribution < 1.29 is 19.4 Å². The van der Waals surface area contributed by atoms with Gasteiger partial charge in [0, 0.05) is 13.1 Å². The van der Waals surface area contributed by atoms with Gasteiger partial charge in [-0.15, -0.1) is 0 Å². The van der Waals surface area contributed by atoms with Crippen LogP contribution in [0.3, 0.4) is 0 Å². The van der Waals surface area contributed by atoms with Crippen LogP contribution in [0.25, 0.3) is 0 Å². The summed E-state index contributed by atoms with van der Waals surface area (Å²) in [6, 6.07) is 5.07. The van der Waals surface area contributed by atoms with E-state index in [9.17, 15) is 9.90 Å². The largest absolute Gasteiger partial charge is 0.467 e. The number of carbonyl (C=O) groups excluding carboxylic acids is 1. The Hall–Kier alpha value is -1.30. The van der Waals surface area contributed by atoms with Crippen LogP contribution in [0.4, 0.5) is 5.69 Å². The summed E-state index contributed by atoms with van der Waals surface area (Å²) in [4.78, 5) is 13.4. The maximum Gasteiger partial charge on any atom is 0.339 e. The monoisotopic (exact) mass is 285 g/mol. The Morgan fingerprint density at radius 2 is 2.16 bits per heavy atom. The summed E-state index contributed by atoms with van der Waals surface area (Å²) in [5.74, 6) is -0.699. The summed E-state index contributed by atoms with van der Waals surface area (Å²) >= 11 is 6.21. The smallest absolute Gasteiger partial charge is 0.339 e. The zero-order valence-corrected chi connectivity index (χ0v) is 11.4. The number of nitrogens with zero attached hydrogens (tertiary/aromatic N) is 1. The highest BCUT2D eigenvalue weighted by molar-refractivity contribution is 6.33. The van der Waals surface area contributed by atoms with E-state index in [0.29, 0.717) is 23.8 Å². The number of esters is 1. The number of aliphatic hydroxyl groups is 1. The molecule has 0 saturated carbocycles. The average molecular weight is 286 g/mol. The number of ether oxygens (including phenoxy) is 2. The first-order valence-electron chi connectivity index (χ1n) is 6.01. The van der Waals surface area contributed by atoms with Crippen LogP contribution >= 0.6 is 11.6 Å². The normalized spacial score (nSPS) is 17.1. The number of anilines is 1. The summed E-state index contributed by atoms with van der Waals surface area (Å²) in [5.41, 5.74) is 1.31. The molecule has 1 saturated heterocycles. The van der Waals surface area contributed by atoms with Crippen molar-refractivity contribution >= 4 is 23.3 Å². The summed E-state index contributed by atoms with van der Waals surface area (Å²) in [6.45, 7) is 2.89. The number of halogens is 1. The summed E-state index contributed by atoms with van der Waals surface area (Å²) in [6.07, 6.45) is -1.30. The Morgan fingerprint density at radius 3 is 2.74 bits per heavy atom. The SMILES string of the molecule is COC(=O)C(O)c1ccc(N2CCOCC2)c(Cl)c1. The fraction of sp³-hybridized carbons (Fsp3) is 0.462. The number of hydrogen-bond acceptors (Lipinski definition) is 5. The molecule has 1 atom stereocenters. The van der Waals surface area contributed by atoms with Gasteiger partial charge in [0.05, 0.1) is 31.0 Å². The van der Waals surface area contributed by atoms with Crippen LogP contribution in [0.2, 0.25) is 5.02 Å². The van der Waals surface area contributed by atoms with Gasteiger partial charge in [-0.2, -0.15) is 0 Å². The minimum Gasteiger partial charge on any atom is -0.467 e. The van der Waals surface area contributed by atoms with Gasteiger partial charge in [0.25, 0.3) is 0 Å². The molecule has 1 aliphatic rings. The Bertz CT molecular complexity index is 460. The Kier molecular flexibility index (Phi) is 4.63. The molecule has 0 radical (unpaired) electrons. The number of hydrogen-bond donors (Lipinski definition) is 1. The number of benzene rings is 1. The van der Waals surface area contributed by atoms with Gasteiger partial charge in [0.15, 0.2) is 6.10 Å². The number of carbonyl (C=O) groups is 1. The van der Waals surface area contributed by atoms with Gasteiger partial charge < -0.3 is 19.5 Å². The standard InChI is InChI=1S/C13H16ClNO4/c1-18-13(17)12(16)9-2-3-11(10(14)8-9)15-4-6-19-7-5-15/h2-3,8,12,16H,4-7H2,1H3. The fourth-order valence-electron chi connectivity index (χ4n) is 2.00. The molecule has 0 aliphatic carbocycles. The molecule has 1 fully saturated rings. The molecule has 104 valence electrons. The summed E-state index contributed by atoms with van der Waals surface area (Å²) in [7, 11) is 1.23. The van der Waals surface area contributed by atoms with Crippen LogP contribution < -0.4 is 4.90 Å². The minimum atomic E-state index is -1.30. The van der Waals surface area contributed by atoms with E-state index in [2.05, 4.69) is 9.64 Å². The molecular formula is C13H16ClNO4. The van der Waals surface area contributed by atoms with E-state index in [1.54, 1.807) is 18.2 Å². The molecule has 0 amide bonds. The number of morpholine rings is 1. The molecule has 1 unspecified atom stereocenters. The average Bonchev–Trinajstić information content (AvgIpc) is 2.46. The first kappa shape index (κ1) is 14.1. The molecule has 0 aromatic heterocycles.